The summed E-state index contributed by atoms with van der Waals surface area (Å²) >= 11 is 0. The topological polar surface area (TPSA) is 99.8 Å². The number of ether oxygens (including phenoxy) is 1. The van der Waals surface area contributed by atoms with Gasteiger partial charge in [-0.2, -0.15) is 0 Å². The Kier molecular flexibility index (Phi) is 7.41. The van der Waals surface area contributed by atoms with Crippen molar-refractivity contribution in [3.05, 3.63) is 47.0 Å². The Bertz CT molecular complexity index is 949. The zero-order valence-electron chi connectivity index (χ0n) is 18.2. The van der Waals surface area contributed by atoms with Crippen molar-refractivity contribution in [3.63, 3.8) is 0 Å². The maximum absolute atomic E-state index is 12.6. The number of nitrogens with zero attached hydrogens (tertiary/aromatic N) is 1. The Balaban J connectivity index is 2.06. The first-order chi connectivity index (χ1) is 14.1. The first-order valence-corrected chi connectivity index (χ1v) is 9.46. The highest BCUT2D eigenvalue weighted by atomic mass is 16.5. The molecule has 0 radical (unpaired) electrons. The molecule has 0 unspecified atom stereocenters. The van der Waals surface area contributed by atoms with E-state index < -0.39 is 6.03 Å². The number of methoxy groups -OCH3 is 1. The third-order valence-corrected chi connectivity index (χ3v) is 4.43. The third kappa shape index (κ3) is 5.97. The fraction of sp³-hybridized carbons (Fsp3) is 0.318. The highest BCUT2D eigenvalue weighted by Gasteiger charge is 2.17. The smallest absolute Gasteiger partial charge is 0.322 e. The molecule has 0 saturated heterocycles. The van der Waals surface area contributed by atoms with E-state index in [-0.39, 0.29) is 18.4 Å². The minimum absolute atomic E-state index is 0.133. The number of carbonyl (C=O) groups is 3. The lowest BCUT2D eigenvalue weighted by atomic mass is 10.1. The van der Waals surface area contributed by atoms with Crippen LogP contribution in [-0.2, 0) is 9.59 Å². The van der Waals surface area contributed by atoms with Gasteiger partial charge in [-0.1, -0.05) is 17.7 Å². The standard InChI is InChI=1S/C22H28N4O4/c1-13-9-14(2)21(15(3)10-13)25-20(28)12-26(5)22(29)24-18-11-17(23-16(4)27)7-8-19(18)30-6/h7-11H,12H2,1-6H3,(H,23,27)(H,24,29)(H,25,28). The molecule has 0 fully saturated rings. The average molecular weight is 412 g/mol. The number of anilines is 3. The third-order valence-electron chi connectivity index (χ3n) is 4.43. The first kappa shape index (κ1) is 22.7. The van der Waals surface area contributed by atoms with E-state index in [4.69, 9.17) is 4.74 Å². The normalized spacial score (nSPS) is 10.2. The molecule has 2 aromatic carbocycles. The summed E-state index contributed by atoms with van der Waals surface area (Å²) in [5, 5.41) is 8.23. The number of carbonyl (C=O) groups excluding carboxylic acids is 3. The molecule has 8 nitrogen and oxygen atoms in total. The van der Waals surface area contributed by atoms with Gasteiger partial charge in [0.15, 0.2) is 0 Å². The largest absolute Gasteiger partial charge is 0.495 e. The molecule has 8 heteroatoms. The summed E-state index contributed by atoms with van der Waals surface area (Å²) in [5.41, 5.74) is 4.70. The van der Waals surface area contributed by atoms with Crippen LogP contribution in [-0.4, -0.2) is 43.4 Å². The minimum atomic E-state index is -0.485. The summed E-state index contributed by atoms with van der Waals surface area (Å²) in [7, 11) is 3.00. The zero-order valence-corrected chi connectivity index (χ0v) is 18.2. The SMILES string of the molecule is COc1ccc(NC(C)=O)cc1NC(=O)N(C)CC(=O)Nc1c(C)cc(C)cc1C. The van der Waals surface area contributed by atoms with Crippen molar-refractivity contribution < 1.29 is 19.1 Å². The molecule has 0 spiro atoms. The molecule has 2 rings (SSSR count). The fourth-order valence-corrected chi connectivity index (χ4v) is 3.14. The number of nitrogens with one attached hydrogen (secondary N) is 3. The van der Waals surface area contributed by atoms with Gasteiger partial charge >= 0.3 is 6.03 Å². The van der Waals surface area contributed by atoms with Crippen molar-refractivity contribution in [2.75, 3.05) is 36.7 Å². The predicted octanol–water partition coefficient (Wildman–Crippen LogP) is 3.68. The van der Waals surface area contributed by atoms with Gasteiger partial charge in [0.2, 0.25) is 11.8 Å². The zero-order chi connectivity index (χ0) is 22.4. The summed E-state index contributed by atoms with van der Waals surface area (Å²) in [6.45, 7) is 7.12. The molecule has 0 aromatic heterocycles. The lowest BCUT2D eigenvalue weighted by molar-refractivity contribution is -0.116. The quantitative estimate of drug-likeness (QED) is 0.674. The van der Waals surface area contributed by atoms with Crippen LogP contribution in [0.15, 0.2) is 30.3 Å². The van der Waals surface area contributed by atoms with E-state index >= 15 is 0 Å². The van der Waals surface area contributed by atoms with E-state index in [0.29, 0.717) is 17.1 Å². The van der Waals surface area contributed by atoms with Crippen LogP contribution in [0.1, 0.15) is 23.6 Å². The predicted molar refractivity (Wildman–Crippen MR) is 118 cm³/mol. The summed E-state index contributed by atoms with van der Waals surface area (Å²) in [6.07, 6.45) is 0. The summed E-state index contributed by atoms with van der Waals surface area (Å²) in [6, 6.07) is 8.39. The van der Waals surface area contributed by atoms with E-state index in [9.17, 15) is 14.4 Å². The molecule has 0 bridgehead atoms. The summed E-state index contributed by atoms with van der Waals surface area (Å²) in [4.78, 5) is 37.6. The van der Waals surface area contributed by atoms with E-state index in [0.717, 1.165) is 22.4 Å². The summed E-state index contributed by atoms with van der Waals surface area (Å²) in [5.74, 6) is -0.101. The van der Waals surface area contributed by atoms with Crippen molar-refractivity contribution in [1.29, 1.82) is 0 Å². The lowest BCUT2D eigenvalue weighted by Crippen LogP contribution is -2.38. The maximum Gasteiger partial charge on any atom is 0.322 e. The number of benzene rings is 2. The lowest BCUT2D eigenvalue weighted by Gasteiger charge is -2.20. The molecule has 0 saturated carbocycles. The Labute approximate surface area is 176 Å². The van der Waals surface area contributed by atoms with Crippen molar-refractivity contribution in [1.82, 2.24) is 4.90 Å². The number of rotatable bonds is 6. The Morgan fingerprint density at radius 1 is 0.967 bits per heavy atom. The molecular formula is C22H28N4O4. The molecule has 2 aromatic rings. The van der Waals surface area contributed by atoms with Crippen LogP contribution in [0.2, 0.25) is 0 Å². The first-order valence-electron chi connectivity index (χ1n) is 9.46. The van der Waals surface area contributed by atoms with Crippen LogP contribution in [0.25, 0.3) is 0 Å². The van der Waals surface area contributed by atoms with E-state index in [1.54, 1.807) is 18.2 Å². The molecule has 3 N–H and O–H groups in total. The molecule has 0 aliphatic carbocycles. The van der Waals surface area contributed by atoms with Crippen LogP contribution in [0, 0.1) is 20.8 Å². The van der Waals surface area contributed by atoms with Crippen LogP contribution in [0.3, 0.4) is 0 Å². The van der Waals surface area contributed by atoms with Gasteiger partial charge in [0.1, 0.15) is 12.3 Å². The van der Waals surface area contributed by atoms with Crippen LogP contribution in [0.4, 0.5) is 21.9 Å². The van der Waals surface area contributed by atoms with Gasteiger partial charge < -0.3 is 25.6 Å². The molecule has 0 aliphatic rings. The molecule has 0 heterocycles. The molecule has 30 heavy (non-hydrogen) atoms. The number of likely N-dealkylation sites (N-methyl/N-ethyl adjacent to an activating group) is 1. The molecule has 160 valence electrons. The monoisotopic (exact) mass is 412 g/mol. The summed E-state index contributed by atoms with van der Waals surface area (Å²) < 4.78 is 5.26. The number of hydrogen-bond donors (Lipinski definition) is 3. The van der Waals surface area contributed by atoms with Gasteiger partial charge in [-0.25, -0.2) is 4.79 Å². The van der Waals surface area contributed by atoms with Crippen molar-refractivity contribution in [2.24, 2.45) is 0 Å². The van der Waals surface area contributed by atoms with Crippen molar-refractivity contribution in [3.8, 4) is 5.75 Å². The molecule has 0 atom stereocenters. The number of amides is 4. The van der Waals surface area contributed by atoms with E-state index in [1.807, 2.05) is 32.9 Å². The van der Waals surface area contributed by atoms with E-state index in [2.05, 4.69) is 16.0 Å². The Morgan fingerprint density at radius 3 is 2.17 bits per heavy atom. The fourth-order valence-electron chi connectivity index (χ4n) is 3.14. The van der Waals surface area contributed by atoms with Gasteiger partial charge in [0.25, 0.3) is 0 Å². The molecular weight excluding hydrogens is 384 g/mol. The second-order valence-corrected chi connectivity index (χ2v) is 7.20. The highest BCUT2D eigenvalue weighted by Crippen LogP contribution is 2.28. The Morgan fingerprint density at radius 2 is 1.60 bits per heavy atom. The van der Waals surface area contributed by atoms with Gasteiger partial charge in [0.05, 0.1) is 12.8 Å². The molecule has 4 amide bonds. The average Bonchev–Trinajstić information content (AvgIpc) is 2.64. The molecule has 0 aliphatic heterocycles. The van der Waals surface area contributed by atoms with Crippen LogP contribution >= 0.6 is 0 Å². The number of urea groups is 1. The van der Waals surface area contributed by atoms with Crippen LogP contribution < -0.4 is 20.7 Å². The highest BCUT2D eigenvalue weighted by molar-refractivity contribution is 5.98. The number of aryl methyl sites for hydroxylation is 3. The van der Waals surface area contributed by atoms with Gasteiger partial charge in [-0.15, -0.1) is 0 Å². The van der Waals surface area contributed by atoms with E-state index in [1.165, 1.54) is 26.0 Å². The van der Waals surface area contributed by atoms with Crippen molar-refractivity contribution >= 4 is 34.9 Å². The maximum atomic E-state index is 12.6. The minimum Gasteiger partial charge on any atom is -0.495 e. The van der Waals surface area contributed by atoms with Gasteiger partial charge in [-0.05, 0) is 50.1 Å². The van der Waals surface area contributed by atoms with Crippen LogP contribution in [0.5, 0.6) is 5.75 Å². The van der Waals surface area contributed by atoms with Crippen molar-refractivity contribution in [2.45, 2.75) is 27.7 Å². The second kappa shape index (κ2) is 9.78. The van der Waals surface area contributed by atoms with Gasteiger partial charge in [-0.3, -0.25) is 9.59 Å². The second-order valence-electron chi connectivity index (χ2n) is 7.20. The number of hydrogen-bond acceptors (Lipinski definition) is 4. The Hall–Kier alpha value is -3.55. The van der Waals surface area contributed by atoms with Gasteiger partial charge in [0, 0.05) is 25.3 Å².